The molecule has 3 N–H and O–H groups in total. The lowest BCUT2D eigenvalue weighted by Gasteiger charge is -2.13. The zero-order chi connectivity index (χ0) is 21.5. The molecule has 0 aliphatic rings. The minimum absolute atomic E-state index is 0.0323. The van der Waals surface area contributed by atoms with Crippen LogP contribution in [0.1, 0.15) is 11.1 Å². The third-order valence-corrected chi connectivity index (χ3v) is 4.57. The Morgan fingerprint density at radius 3 is 2.57 bits per heavy atom. The Bertz CT molecular complexity index is 1030. The van der Waals surface area contributed by atoms with Crippen LogP contribution in [0, 0.1) is 0 Å². The standard InChI is InChI=1S/C20H22BrN7O2/c1-28(2)20-25-18(22-11-13-7-5-4-6-8-13)24-19(26-20)27-23-12-14-9-15(21)17(29)16(10-14)30-3/h4-10,12,29H,11H2,1-3H3,(H2,22,24,25,26,27)/b23-12-. The van der Waals surface area contributed by atoms with Crippen molar-refractivity contribution in [3.05, 3.63) is 58.1 Å². The van der Waals surface area contributed by atoms with Crippen molar-refractivity contribution >= 4 is 40.0 Å². The third-order valence-electron chi connectivity index (χ3n) is 3.97. The number of anilines is 3. The van der Waals surface area contributed by atoms with Crippen LogP contribution in [-0.2, 0) is 6.54 Å². The first-order valence-corrected chi connectivity index (χ1v) is 9.82. The summed E-state index contributed by atoms with van der Waals surface area (Å²) in [6, 6.07) is 13.4. The van der Waals surface area contributed by atoms with Gasteiger partial charge in [0.15, 0.2) is 11.5 Å². The average molecular weight is 472 g/mol. The van der Waals surface area contributed by atoms with E-state index in [-0.39, 0.29) is 5.75 Å². The normalized spacial score (nSPS) is 10.8. The summed E-state index contributed by atoms with van der Waals surface area (Å²) in [6.45, 7) is 0.585. The van der Waals surface area contributed by atoms with E-state index >= 15 is 0 Å². The fourth-order valence-corrected chi connectivity index (χ4v) is 2.92. The molecule has 10 heteroatoms. The van der Waals surface area contributed by atoms with Gasteiger partial charge in [-0.3, -0.25) is 0 Å². The van der Waals surface area contributed by atoms with Gasteiger partial charge in [-0.15, -0.1) is 0 Å². The van der Waals surface area contributed by atoms with E-state index in [2.05, 4.69) is 46.7 Å². The predicted octanol–water partition coefficient (Wildman–Crippen LogP) is 3.47. The maximum absolute atomic E-state index is 9.90. The summed E-state index contributed by atoms with van der Waals surface area (Å²) in [5.74, 6) is 1.60. The number of aromatic nitrogens is 3. The molecule has 3 aromatic rings. The van der Waals surface area contributed by atoms with Crippen LogP contribution in [0.25, 0.3) is 0 Å². The monoisotopic (exact) mass is 471 g/mol. The highest BCUT2D eigenvalue weighted by atomic mass is 79.9. The number of aromatic hydroxyl groups is 1. The fraction of sp³-hybridized carbons (Fsp3) is 0.200. The molecule has 0 spiro atoms. The number of halogens is 1. The molecule has 0 radical (unpaired) electrons. The van der Waals surface area contributed by atoms with Gasteiger partial charge in [0.25, 0.3) is 0 Å². The quantitative estimate of drug-likeness (QED) is 0.338. The van der Waals surface area contributed by atoms with Crippen molar-refractivity contribution in [2.75, 3.05) is 36.8 Å². The Hall–Kier alpha value is -3.40. The average Bonchev–Trinajstić information content (AvgIpc) is 2.75. The van der Waals surface area contributed by atoms with Crippen molar-refractivity contribution in [2.24, 2.45) is 5.10 Å². The second-order valence-corrected chi connectivity index (χ2v) is 7.29. The zero-order valence-electron chi connectivity index (χ0n) is 16.8. The van der Waals surface area contributed by atoms with Crippen LogP contribution in [0.4, 0.5) is 17.8 Å². The molecule has 0 unspecified atom stereocenters. The summed E-state index contributed by atoms with van der Waals surface area (Å²) < 4.78 is 5.65. The molecule has 30 heavy (non-hydrogen) atoms. The van der Waals surface area contributed by atoms with E-state index in [9.17, 15) is 5.11 Å². The van der Waals surface area contributed by atoms with Crippen LogP contribution in [0.15, 0.2) is 52.0 Å². The van der Waals surface area contributed by atoms with Gasteiger partial charge >= 0.3 is 0 Å². The van der Waals surface area contributed by atoms with Crippen LogP contribution in [0.5, 0.6) is 11.5 Å². The lowest BCUT2D eigenvalue weighted by Crippen LogP contribution is -2.16. The molecule has 9 nitrogen and oxygen atoms in total. The number of rotatable bonds is 8. The molecule has 156 valence electrons. The van der Waals surface area contributed by atoms with E-state index in [0.29, 0.717) is 40.2 Å². The molecule has 0 bridgehead atoms. The first-order valence-electron chi connectivity index (χ1n) is 9.03. The summed E-state index contributed by atoms with van der Waals surface area (Å²) in [7, 11) is 5.19. The zero-order valence-corrected chi connectivity index (χ0v) is 18.4. The van der Waals surface area contributed by atoms with Gasteiger partial charge in [-0.2, -0.15) is 20.1 Å². The second kappa shape index (κ2) is 9.88. The molecule has 0 atom stereocenters. The van der Waals surface area contributed by atoms with E-state index in [1.54, 1.807) is 23.2 Å². The molecule has 1 heterocycles. The Morgan fingerprint density at radius 1 is 1.13 bits per heavy atom. The van der Waals surface area contributed by atoms with Gasteiger partial charge in [0.1, 0.15) is 0 Å². The van der Waals surface area contributed by atoms with E-state index in [1.165, 1.54) is 7.11 Å². The van der Waals surface area contributed by atoms with Gasteiger partial charge in [0, 0.05) is 20.6 Å². The Morgan fingerprint density at radius 2 is 1.87 bits per heavy atom. The van der Waals surface area contributed by atoms with Gasteiger partial charge in [-0.05, 0) is 39.2 Å². The summed E-state index contributed by atoms with van der Waals surface area (Å²) in [6.07, 6.45) is 1.57. The maximum Gasteiger partial charge on any atom is 0.250 e. The molecule has 0 saturated carbocycles. The van der Waals surface area contributed by atoms with Crippen molar-refractivity contribution in [3.63, 3.8) is 0 Å². The minimum Gasteiger partial charge on any atom is -0.503 e. The molecular formula is C20H22BrN7O2. The van der Waals surface area contributed by atoms with Crippen LogP contribution < -0.4 is 20.4 Å². The van der Waals surface area contributed by atoms with Crippen LogP contribution in [0.2, 0.25) is 0 Å². The van der Waals surface area contributed by atoms with Gasteiger partial charge in [0.05, 0.1) is 17.8 Å². The first kappa shape index (κ1) is 21.3. The molecular weight excluding hydrogens is 450 g/mol. The molecule has 2 aromatic carbocycles. The smallest absolute Gasteiger partial charge is 0.250 e. The SMILES string of the molecule is COc1cc(/C=N\Nc2nc(NCc3ccccc3)nc(N(C)C)n2)cc(Br)c1O. The number of benzene rings is 2. The van der Waals surface area contributed by atoms with Crippen LogP contribution in [0.3, 0.4) is 0 Å². The lowest BCUT2D eigenvalue weighted by atomic mass is 10.2. The number of nitrogens with zero attached hydrogens (tertiary/aromatic N) is 5. The topological polar surface area (TPSA) is 108 Å². The van der Waals surface area contributed by atoms with Crippen molar-refractivity contribution in [1.29, 1.82) is 0 Å². The highest BCUT2D eigenvalue weighted by Crippen LogP contribution is 2.34. The van der Waals surface area contributed by atoms with Gasteiger partial charge in [0.2, 0.25) is 17.8 Å². The van der Waals surface area contributed by atoms with Crippen molar-refractivity contribution < 1.29 is 9.84 Å². The molecule has 0 fully saturated rings. The van der Waals surface area contributed by atoms with Gasteiger partial charge in [-0.25, -0.2) is 5.43 Å². The number of methoxy groups -OCH3 is 1. The fourth-order valence-electron chi connectivity index (χ4n) is 2.46. The summed E-state index contributed by atoms with van der Waals surface area (Å²) in [5.41, 5.74) is 4.65. The molecule has 1 aromatic heterocycles. The predicted molar refractivity (Wildman–Crippen MR) is 121 cm³/mol. The van der Waals surface area contributed by atoms with E-state index in [1.807, 2.05) is 44.4 Å². The van der Waals surface area contributed by atoms with Crippen molar-refractivity contribution in [2.45, 2.75) is 6.54 Å². The minimum atomic E-state index is 0.0323. The Balaban J connectivity index is 1.75. The number of hydrogen-bond donors (Lipinski definition) is 3. The summed E-state index contributed by atoms with van der Waals surface area (Å²) >= 11 is 3.29. The highest BCUT2D eigenvalue weighted by molar-refractivity contribution is 9.10. The second-order valence-electron chi connectivity index (χ2n) is 6.44. The summed E-state index contributed by atoms with van der Waals surface area (Å²) in [5, 5.41) is 17.3. The molecule has 0 aliphatic carbocycles. The van der Waals surface area contributed by atoms with E-state index < -0.39 is 0 Å². The van der Waals surface area contributed by atoms with E-state index in [4.69, 9.17) is 4.74 Å². The van der Waals surface area contributed by atoms with Gasteiger partial charge in [-0.1, -0.05) is 30.3 Å². The number of ether oxygens (including phenoxy) is 1. The van der Waals surface area contributed by atoms with Crippen LogP contribution in [-0.4, -0.2) is 47.5 Å². The largest absolute Gasteiger partial charge is 0.503 e. The number of phenolic OH excluding ortho intramolecular Hbond substituents is 1. The lowest BCUT2D eigenvalue weighted by molar-refractivity contribution is 0.372. The first-order chi connectivity index (χ1) is 14.5. The van der Waals surface area contributed by atoms with Crippen LogP contribution >= 0.6 is 15.9 Å². The van der Waals surface area contributed by atoms with Gasteiger partial charge < -0.3 is 20.1 Å². The van der Waals surface area contributed by atoms with Crippen molar-refractivity contribution in [1.82, 2.24) is 15.0 Å². The molecule has 0 aliphatic heterocycles. The summed E-state index contributed by atoms with van der Waals surface area (Å²) in [4.78, 5) is 14.9. The number of nitrogens with one attached hydrogen (secondary N) is 2. The van der Waals surface area contributed by atoms with Crippen molar-refractivity contribution in [3.8, 4) is 11.5 Å². The highest BCUT2D eigenvalue weighted by Gasteiger charge is 2.09. The molecule has 0 amide bonds. The molecule has 3 rings (SSSR count). The number of hydrazone groups is 1. The number of hydrogen-bond acceptors (Lipinski definition) is 9. The third kappa shape index (κ3) is 5.57. The Labute approximate surface area is 183 Å². The van der Waals surface area contributed by atoms with E-state index in [0.717, 1.165) is 5.56 Å². The Kier molecular flexibility index (Phi) is 7.02. The maximum atomic E-state index is 9.90. The number of phenols is 1. The molecule has 0 saturated heterocycles.